The highest BCUT2D eigenvalue weighted by Gasteiger charge is 2.34. The van der Waals surface area contributed by atoms with Crippen LogP contribution < -0.4 is 4.74 Å². The number of ether oxygens (including phenoxy) is 1. The van der Waals surface area contributed by atoms with Crippen molar-refractivity contribution < 1.29 is 14.3 Å². The molecule has 1 saturated heterocycles. The van der Waals surface area contributed by atoms with Crippen LogP contribution in [0.15, 0.2) is 35.7 Å². The van der Waals surface area contributed by atoms with Crippen LogP contribution >= 0.6 is 28.3 Å². The predicted molar refractivity (Wildman–Crippen MR) is 111 cm³/mol. The molecule has 27 heavy (non-hydrogen) atoms. The standard InChI is InChI=1S/C20H22N2O3S.BrH/c23-18-16-6-2-3-7-17(16)19(24)22(18)11-12-25-20-15(8-13-26-20)14-21-9-4-1-5-10-21;/h2-3,6-8,13H,1,4-5,9-12,14H2;1H. The van der Waals surface area contributed by atoms with E-state index in [0.29, 0.717) is 17.7 Å². The van der Waals surface area contributed by atoms with Gasteiger partial charge in [0.05, 0.1) is 17.7 Å². The average Bonchev–Trinajstić information content (AvgIpc) is 3.21. The van der Waals surface area contributed by atoms with Crippen LogP contribution in [-0.4, -0.2) is 47.9 Å². The van der Waals surface area contributed by atoms with Crippen LogP contribution in [0.3, 0.4) is 0 Å². The second kappa shape index (κ2) is 8.99. The lowest BCUT2D eigenvalue weighted by atomic mass is 10.1. The number of rotatable bonds is 6. The van der Waals surface area contributed by atoms with E-state index in [1.807, 2.05) is 5.38 Å². The van der Waals surface area contributed by atoms with E-state index in [2.05, 4.69) is 11.0 Å². The number of likely N-dealkylation sites (tertiary alicyclic amines) is 1. The number of halogens is 1. The molecule has 0 atom stereocenters. The van der Waals surface area contributed by atoms with Gasteiger partial charge >= 0.3 is 0 Å². The molecule has 0 saturated carbocycles. The quantitative estimate of drug-likeness (QED) is 0.624. The molecule has 2 aromatic rings. The maximum absolute atomic E-state index is 12.4. The molecule has 5 nitrogen and oxygen atoms in total. The smallest absolute Gasteiger partial charge is 0.261 e. The normalized spacial score (nSPS) is 17.0. The molecule has 1 fully saturated rings. The van der Waals surface area contributed by atoms with Crippen molar-refractivity contribution in [3.63, 3.8) is 0 Å². The number of benzene rings is 1. The molecule has 0 unspecified atom stereocenters. The van der Waals surface area contributed by atoms with E-state index in [1.165, 1.54) is 29.7 Å². The van der Waals surface area contributed by atoms with E-state index < -0.39 is 0 Å². The Balaban J connectivity index is 0.00000210. The van der Waals surface area contributed by atoms with Crippen LogP contribution in [0, 0.1) is 0 Å². The van der Waals surface area contributed by atoms with E-state index >= 15 is 0 Å². The highest BCUT2D eigenvalue weighted by molar-refractivity contribution is 8.93. The molecule has 0 aliphatic carbocycles. The first-order valence-corrected chi connectivity index (χ1v) is 9.99. The number of thiophene rings is 1. The van der Waals surface area contributed by atoms with Gasteiger partial charge in [0.2, 0.25) is 0 Å². The molecule has 2 aliphatic rings. The predicted octanol–water partition coefficient (Wildman–Crippen LogP) is 3.99. The van der Waals surface area contributed by atoms with E-state index in [-0.39, 0.29) is 35.3 Å². The summed E-state index contributed by atoms with van der Waals surface area (Å²) in [7, 11) is 0. The highest BCUT2D eigenvalue weighted by atomic mass is 79.9. The summed E-state index contributed by atoms with van der Waals surface area (Å²) >= 11 is 1.57. The summed E-state index contributed by atoms with van der Waals surface area (Å²) in [5, 5.41) is 2.93. The molecule has 0 radical (unpaired) electrons. The lowest BCUT2D eigenvalue weighted by Crippen LogP contribution is -2.33. The Morgan fingerprint density at radius 1 is 0.963 bits per heavy atom. The molecular formula is C20H23BrN2O3S. The number of piperidine rings is 1. The summed E-state index contributed by atoms with van der Waals surface area (Å²) in [5.41, 5.74) is 2.16. The van der Waals surface area contributed by atoms with Crippen molar-refractivity contribution in [1.29, 1.82) is 0 Å². The summed E-state index contributed by atoms with van der Waals surface area (Å²) < 4.78 is 5.92. The first kappa shape index (κ1) is 20.0. The van der Waals surface area contributed by atoms with Crippen LogP contribution in [0.2, 0.25) is 0 Å². The lowest BCUT2D eigenvalue weighted by molar-refractivity contribution is 0.0632. The van der Waals surface area contributed by atoms with Gasteiger partial charge < -0.3 is 4.74 Å². The minimum atomic E-state index is -0.228. The molecule has 0 spiro atoms. The molecule has 7 heteroatoms. The zero-order valence-electron chi connectivity index (χ0n) is 15.1. The van der Waals surface area contributed by atoms with Crippen molar-refractivity contribution in [2.75, 3.05) is 26.2 Å². The third kappa shape index (κ3) is 4.25. The second-order valence-electron chi connectivity index (χ2n) is 6.73. The van der Waals surface area contributed by atoms with Gasteiger partial charge in [0, 0.05) is 12.1 Å². The molecule has 4 rings (SSSR count). The van der Waals surface area contributed by atoms with Gasteiger partial charge in [-0.25, -0.2) is 0 Å². The van der Waals surface area contributed by atoms with Gasteiger partial charge in [-0.05, 0) is 49.5 Å². The molecular weight excluding hydrogens is 428 g/mol. The number of hydrogen-bond donors (Lipinski definition) is 0. The third-order valence-electron chi connectivity index (χ3n) is 4.98. The van der Waals surface area contributed by atoms with Crippen molar-refractivity contribution in [3.8, 4) is 5.06 Å². The van der Waals surface area contributed by atoms with Gasteiger partial charge in [-0.1, -0.05) is 18.6 Å². The fourth-order valence-corrected chi connectivity index (χ4v) is 4.39. The van der Waals surface area contributed by atoms with Gasteiger partial charge in [-0.3, -0.25) is 19.4 Å². The van der Waals surface area contributed by atoms with Crippen LogP contribution in [0.5, 0.6) is 5.06 Å². The van der Waals surface area contributed by atoms with E-state index in [0.717, 1.165) is 24.7 Å². The van der Waals surface area contributed by atoms with Crippen LogP contribution in [0.25, 0.3) is 0 Å². The molecule has 144 valence electrons. The first-order valence-electron chi connectivity index (χ1n) is 9.11. The molecule has 0 N–H and O–H groups in total. The maximum atomic E-state index is 12.4. The Kier molecular flexibility index (Phi) is 6.68. The Labute approximate surface area is 173 Å². The van der Waals surface area contributed by atoms with Gasteiger partial charge in [0.15, 0.2) is 5.06 Å². The molecule has 3 heterocycles. The average molecular weight is 451 g/mol. The Bertz CT molecular complexity index is 782. The topological polar surface area (TPSA) is 49.9 Å². The van der Waals surface area contributed by atoms with E-state index in [4.69, 9.17) is 4.74 Å². The van der Waals surface area contributed by atoms with Gasteiger partial charge in [0.25, 0.3) is 11.8 Å². The zero-order chi connectivity index (χ0) is 17.9. The number of fused-ring (bicyclic) bond motifs is 1. The van der Waals surface area contributed by atoms with Gasteiger partial charge in [0.1, 0.15) is 6.61 Å². The summed E-state index contributed by atoms with van der Waals surface area (Å²) in [6, 6.07) is 9.07. The minimum absolute atomic E-state index is 0. The Hall–Kier alpha value is -1.70. The SMILES string of the molecule is Br.O=C1c2ccccc2C(=O)N1CCOc1sccc1CN1CCCCC1. The monoisotopic (exact) mass is 450 g/mol. The van der Waals surface area contributed by atoms with Crippen molar-refractivity contribution >= 4 is 40.1 Å². The van der Waals surface area contributed by atoms with Crippen LogP contribution in [-0.2, 0) is 6.54 Å². The third-order valence-corrected chi connectivity index (χ3v) is 5.84. The second-order valence-corrected chi connectivity index (χ2v) is 7.60. The number of nitrogens with zero attached hydrogens (tertiary/aromatic N) is 2. The highest BCUT2D eigenvalue weighted by Crippen LogP contribution is 2.29. The van der Waals surface area contributed by atoms with Crippen LogP contribution in [0.4, 0.5) is 0 Å². The van der Waals surface area contributed by atoms with Gasteiger partial charge in [-0.2, -0.15) is 0 Å². The summed E-state index contributed by atoms with van der Waals surface area (Å²) in [6.45, 7) is 3.78. The van der Waals surface area contributed by atoms with Crippen molar-refractivity contribution in [3.05, 3.63) is 52.4 Å². The lowest BCUT2D eigenvalue weighted by Gasteiger charge is -2.26. The molecule has 2 amide bonds. The fraction of sp³-hybridized carbons (Fsp3) is 0.400. The first-order chi connectivity index (χ1) is 12.7. The van der Waals surface area contributed by atoms with E-state index in [9.17, 15) is 9.59 Å². The Morgan fingerprint density at radius 2 is 1.63 bits per heavy atom. The van der Waals surface area contributed by atoms with Gasteiger partial charge in [-0.15, -0.1) is 28.3 Å². The molecule has 2 aliphatic heterocycles. The van der Waals surface area contributed by atoms with Crippen molar-refractivity contribution in [1.82, 2.24) is 9.80 Å². The molecule has 1 aromatic heterocycles. The van der Waals surface area contributed by atoms with Crippen molar-refractivity contribution in [2.24, 2.45) is 0 Å². The number of carbonyl (C=O) groups excluding carboxylic acids is 2. The van der Waals surface area contributed by atoms with Crippen LogP contribution in [0.1, 0.15) is 45.5 Å². The summed E-state index contributed by atoms with van der Waals surface area (Å²) in [5.74, 6) is -0.456. The number of hydrogen-bond acceptors (Lipinski definition) is 5. The maximum Gasteiger partial charge on any atom is 0.261 e. The number of amides is 2. The number of imide groups is 1. The Morgan fingerprint density at radius 3 is 2.30 bits per heavy atom. The summed E-state index contributed by atoms with van der Waals surface area (Å²) in [6.07, 6.45) is 3.85. The fourth-order valence-electron chi connectivity index (χ4n) is 3.60. The minimum Gasteiger partial charge on any atom is -0.482 e. The van der Waals surface area contributed by atoms with E-state index in [1.54, 1.807) is 35.6 Å². The summed E-state index contributed by atoms with van der Waals surface area (Å²) in [4.78, 5) is 28.5. The molecule has 0 bridgehead atoms. The van der Waals surface area contributed by atoms with Crippen molar-refractivity contribution in [2.45, 2.75) is 25.8 Å². The number of carbonyl (C=O) groups is 2. The largest absolute Gasteiger partial charge is 0.482 e. The zero-order valence-corrected chi connectivity index (χ0v) is 17.6. The molecule has 1 aromatic carbocycles.